The van der Waals surface area contributed by atoms with E-state index >= 15 is 0 Å². The first kappa shape index (κ1) is 30.8. The van der Waals surface area contributed by atoms with Crippen LogP contribution in [0.5, 0.6) is 0 Å². The number of amides is 2. The molecule has 1 N–H and O–H groups in total. The van der Waals surface area contributed by atoms with Crippen LogP contribution in [0.2, 0.25) is 0 Å². The van der Waals surface area contributed by atoms with Gasteiger partial charge in [0.1, 0.15) is 11.9 Å². The van der Waals surface area contributed by atoms with Crippen molar-refractivity contribution in [3.05, 3.63) is 101 Å². The fourth-order valence-corrected chi connectivity index (χ4v) is 7.15. The SMILES string of the molecule is O=C(NC[C@@H]1CCCO1)[C@H](c1ccccc1)N(Cc1ccc(F)cc1)C(=O)CCc1ccc(S(=O)(=O)N2CCCC2)cc1. The molecule has 43 heavy (non-hydrogen) atoms. The second kappa shape index (κ2) is 14.2. The van der Waals surface area contributed by atoms with Gasteiger partial charge in [0.05, 0.1) is 11.0 Å². The Labute approximate surface area is 252 Å². The number of carbonyl (C=O) groups excluding carboxylic acids is 2. The van der Waals surface area contributed by atoms with Crippen LogP contribution in [-0.4, -0.2) is 61.8 Å². The Balaban J connectivity index is 1.35. The van der Waals surface area contributed by atoms with Gasteiger partial charge >= 0.3 is 0 Å². The van der Waals surface area contributed by atoms with Crippen LogP contribution in [0.25, 0.3) is 0 Å². The Morgan fingerprint density at radius 2 is 1.60 bits per heavy atom. The molecule has 2 atom stereocenters. The van der Waals surface area contributed by atoms with Crippen LogP contribution in [0, 0.1) is 5.82 Å². The minimum Gasteiger partial charge on any atom is -0.376 e. The average molecular weight is 608 g/mol. The first-order valence-electron chi connectivity index (χ1n) is 14.9. The molecule has 5 rings (SSSR count). The minimum atomic E-state index is -3.52. The van der Waals surface area contributed by atoms with E-state index in [9.17, 15) is 22.4 Å². The molecule has 0 radical (unpaired) electrons. The van der Waals surface area contributed by atoms with Crippen LogP contribution in [0.3, 0.4) is 0 Å². The van der Waals surface area contributed by atoms with E-state index in [-0.39, 0.29) is 41.6 Å². The molecule has 0 spiro atoms. The van der Waals surface area contributed by atoms with Crippen molar-refractivity contribution in [3.8, 4) is 0 Å². The molecule has 2 saturated heterocycles. The van der Waals surface area contributed by atoms with Crippen LogP contribution in [0.4, 0.5) is 4.39 Å². The quantitative estimate of drug-likeness (QED) is 0.325. The monoisotopic (exact) mass is 607 g/mol. The summed E-state index contributed by atoms with van der Waals surface area (Å²) in [6, 6.07) is 20.8. The van der Waals surface area contributed by atoms with Gasteiger partial charge < -0.3 is 15.0 Å². The van der Waals surface area contributed by atoms with Gasteiger partial charge in [0.25, 0.3) is 0 Å². The third-order valence-corrected chi connectivity index (χ3v) is 9.96. The Morgan fingerprint density at radius 3 is 2.26 bits per heavy atom. The highest BCUT2D eigenvalue weighted by Crippen LogP contribution is 2.26. The van der Waals surface area contributed by atoms with Gasteiger partial charge in [-0.15, -0.1) is 0 Å². The number of hydrogen-bond acceptors (Lipinski definition) is 5. The summed E-state index contributed by atoms with van der Waals surface area (Å²) in [5, 5.41) is 2.99. The van der Waals surface area contributed by atoms with Gasteiger partial charge in [0.2, 0.25) is 21.8 Å². The molecule has 0 saturated carbocycles. The van der Waals surface area contributed by atoms with Gasteiger partial charge in [0, 0.05) is 39.2 Å². The normalized spacial score (nSPS) is 17.9. The predicted octanol–water partition coefficient (Wildman–Crippen LogP) is 4.61. The number of benzene rings is 3. The smallest absolute Gasteiger partial charge is 0.247 e. The summed E-state index contributed by atoms with van der Waals surface area (Å²) in [5.41, 5.74) is 2.17. The second-order valence-corrected chi connectivity index (χ2v) is 13.0. The summed E-state index contributed by atoms with van der Waals surface area (Å²) in [5.74, 6) is -0.946. The van der Waals surface area contributed by atoms with E-state index in [0.29, 0.717) is 43.8 Å². The highest BCUT2D eigenvalue weighted by Gasteiger charge is 2.32. The molecule has 0 aromatic heterocycles. The summed E-state index contributed by atoms with van der Waals surface area (Å²) in [4.78, 5) is 29.4. The van der Waals surface area contributed by atoms with Crippen LogP contribution in [0.15, 0.2) is 83.8 Å². The third-order valence-electron chi connectivity index (χ3n) is 8.04. The molecule has 0 bridgehead atoms. The molecular formula is C33H38FN3O5S. The van der Waals surface area contributed by atoms with E-state index in [1.807, 2.05) is 30.3 Å². The Bertz CT molecular complexity index is 1470. The molecule has 3 aromatic rings. The van der Waals surface area contributed by atoms with Crippen molar-refractivity contribution in [2.75, 3.05) is 26.2 Å². The highest BCUT2D eigenvalue weighted by atomic mass is 32.2. The van der Waals surface area contributed by atoms with Gasteiger partial charge in [-0.1, -0.05) is 54.6 Å². The molecule has 228 valence electrons. The van der Waals surface area contributed by atoms with Crippen molar-refractivity contribution in [2.45, 2.75) is 62.1 Å². The standard InChI is InChI=1S/C33H38FN3O5S/c34-28-15-10-26(11-16-28)24-37(32(27-7-2-1-3-8-27)33(39)35-23-29-9-6-22-42-29)31(38)19-14-25-12-17-30(18-13-25)43(40,41)36-20-4-5-21-36/h1-3,7-8,10-13,15-18,29,32H,4-6,9,14,19-24H2,(H,35,39)/t29-,32-/m0/s1. The predicted molar refractivity (Wildman–Crippen MR) is 161 cm³/mol. The molecule has 2 fully saturated rings. The van der Waals surface area contributed by atoms with Crippen molar-refractivity contribution in [1.82, 2.24) is 14.5 Å². The number of hydrogen-bond donors (Lipinski definition) is 1. The van der Waals surface area contributed by atoms with Gasteiger partial charge in [0.15, 0.2) is 0 Å². The van der Waals surface area contributed by atoms with E-state index in [0.717, 1.165) is 31.2 Å². The number of sulfonamides is 1. The van der Waals surface area contributed by atoms with Crippen molar-refractivity contribution in [2.24, 2.45) is 0 Å². The van der Waals surface area contributed by atoms with Crippen LogP contribution in [-0.2, 0) is 37.3 Å². The van der Waals surface area contributed by atoms with E-state index in [2.05, 4.69) is 5.32 Å². The molecule has 3 aromatic carbocycles. The maximum absolute atomic E-state index is 13.9. The fraction of sp³-hybridized carbons (Fsp3) is 0.394. The largest absolute Gasteiger partial charge is 0.376 e. The second-order valence-electron chi connectivity index (χ2n) is 11.1. The summed E-state index contributed by atoms with van der Waals surface area (Å²) in [6.45, 7) is 2.20. The van der Waals surface area contributed by atoms with Gasteiger partial charge in [-0.3, -0.25) is 9.59 Å². The number of ether oxygens (including phenoxy) is 1. The highest BCUT2D eigenvalue weighted by molar-refractivity contribution is 7.89. The van der Waals surface area contributed by atoms with Crippen molar-refractivity contribution < 1.29 is 27.1 Å². The summed E-state index contributed by atoms with van der Waals surface area (Å²) < 4.78 is 46.7. The lowest BCUT2D eigenvalue weighted by atomic mass is 10.0. The maximum Gasteiger partial charge on any atom is 0.247 e. The van der Waals surface area contributed by atoms with Gasteiger partial charge in [-0.2, -0.15) is 4.31 Å². The van der Waals surface area contributed by atoms with Crippen molar-refractivity contribution in [1.29, 1.82) is 0 Å². The zero-order valence-electron chi connectivity index (χ0n) is 24.2. The number of halogens is 1. The fourth-order valence-electron chi connectivity index (χ4n) is 5.64. The number of nitrogens with zero attached hydrogens (tertiary/aromatic N) is 2. The van der Waals surface area contributed by atoms with Gasteiger partial charge in [-0.25, -0.2) is 12.8 Å². The number of nitrogens with one attached hydrogen (secondary N) is 1. The minimum absolute atomic E-state index is 0.0566. The lowest BCUT2D eigenvalue weighted by Gasteiger charge is -2.32. The molecule has 2 aliphatic rings. The van der Waals surface area contributed by atoms with E-state index in [4.69, 9.17) is 4.74 Å². The van der Waals surface area contributed by atoms with Crippen molar-refractivity contribution >= 4 is 21.8 Å². The van der Waals surface area contributed by atoms with E-state index < -0.39 is 16.1 Å². The zero-order valence-corrected chi connectivity index (χ0v) is 25.0. The Kier molecular flexibility index (Phi) is 10.2. The molecular weight excluding hydrogens is 569 g/mol. The Hall–Kier alpha value is -3.60. The van der Waals surface area contributed by atoms with Crippen LogP contribution >= 0.6 is 0 Å². The number of rotatable bonds is 12. The molecule has 0 aliphatic carbocycles. The molecule has 2 aliphatic heterocycles. The lowest BCUT2D eigenvalue weighted by Crippen LogP contribution is -2.45. The first-order chi connectivity index (χ1) is 20.8. The number of carbonyl (C=O) groups is 2. The molecule has 2 amide bonds. The van der Waals surface area contributed by atoms with E-state index in [1.165, 1.54) is 16.4 Å². The van der Waals surface area contributed by atoms with E-state index in [1.54, 1.807) is 41.3 Å². The van der Waals surface area contributed by atoms with Crippen LogP contribution < -0.4 is 5.32 Å². The summed E-state index contributed by atoms with van der Waals surface area (Å²) in [6.07, 6.45) is 3.95. The summed E-state index contributed by atoms with van der Waals surface area (Å²) >= 11 is 0. The zero-order chi connectivity index (χ0) is 30.2. The maximum atomic E-state index is 13.9. The lowest BCUT2D eigenvalue weighted by molar-refractivity contribution is -0.141. The average Bonchev–Trinajstić information content (AvgIpc) is 3.76. The molecule has 0 unspecified atom stereocenters. The van der Waals surface area contributed by atoms with Gasteiger partial charge in [-0.05, 0) is 73.1 Å². The van der Waals surface area contributed by atoms with Crippen LogP contribution in [0.1, 0.15) is 54.8 Å². The topological polar surface area (TPSA) is 96.0 Å². The third kappa shape index (κ3) is 7.87. The van der Waals surface area contributed by atoms with Crippen molar-refractivity contribution in [3.63, 3.8) is 0 Å². The Morgan fingerprint density at radius 1 is 0.930 bits per heavy atom. The molecule has 2 heterocycles. The summed E-state index contributed by atoms with van der Waals surface area (Å²) in [7, 11) is -3.52. The molecule has 8 nitrogen and oxygen atoms in total. The number of aryl methyl sites for hydroxylation is 1. The molecule has 10 heteroatoms. The first-order valence-corrected chi connectivity index (χ1v) is 16.3.